The zero-order chi connectivity index (χ0) is 38.2. The summed E-state index contributed by atoms with van der Waals surface area (Å²) < 4.78 is 33.1. The van der Waals surface area contributed by atoms with Gasteiger partial charge in [0.15, 0.2) is 17.4 Å². The highest BCUT2D eigenvalue weighted by Gasteiger charge is 2.28. The summed E-state index contributed by atoms with van der Waals surface area (Å²) in [6.07, 6.45) is 16.0. The van der Waals surface area contributed by atoms with Crippen molar-refractivity contribution in [1.82, 2.24) is 14.9 Å². The van der Waals surface area contributed by atoms with Crippen LogP contribution in [-0.2, 0) is 22.6 Å². The summed E-state index contributed by atoms with van der Waals surface area (Å²) in [5.41, 5.74) is 4.30. The van der Waals surface area contributed by atoms with Gasteiger partial charge in [-0.3, -0.25) is 14.4 Å². The molecule has 2 N–H and O–H groups in total. The van der Waals surface area contributed by atoms with Gasteiger partial charge in [0, 0.05) is 46.9 Å². The van der Waals surface area contributed by atoms with Crippen LogP contribution in [0.1, 0.15) is 85.3 Å². The van der Waals surface area contributed by atoms with Gasteiger partial charge < -0.3 is 20.1 Å². The van der Waals surface area contributed by atoms with Gasteiger partial charge in [0.2, 0.25) is 11.7 Å². The predicted octanol–water partition coefficient (Wildman–Crippen LogP) is 8.74. The lowest BCUT2D eigenvalue weighted by molar-refractivity contribution is -0.137. The lowest BCUT2D eigenvalue weighted by Gasteiger charge is -2.35. The fourth-order valence-electron chi connectivity index (χ4n) is 7.72. The molecule has 2 amide bonds. The van der Waals surface area contributed by atoms with Crippen molar-refractivity contribution < 1.29 is 33.0 Å². The molecule has 11 heteroatoms. The summed E-state index contributed by atoms with van der Waals surface area (Å²) in [6, 6.07) is 15.8. The topological polar surface area (TPSA) is 122 Å². The second kappa shape index (κ2) is 17.6. The largest absolute Gasteiger partial charge is 0.494 e. The minimum atomic E-state index is -1.17. The maximum Gasteiger partial charge on any atom is 0.323 e. The Labute approximate surface area is 314 Å². The van der Waals surface area contributed by atoms with Gasteiger partial charge in [-0.05, 0) is 91.3 Å². The van der Waals surface area contributed by atoms with Crippen LogP contribution in [0.3, 0.4) is 0 Å². The van der Waals surface area contributed by atoms with E-state index in [2.05, 4.69) is 28.3 Å². The van der Waals surface area contributed by atoms with Gasteiger partial charge in [0.25, 0.3) is 5.91 Å². The maximum atomic E-state index is 14.3. The first kappa shape index (κ1) is 38.3. The number of carbonyl (C=O) groups excluding carboxylic acids is 2. The van der Waals surface area contributed by atoms with Gasteiger partial charge in [-0.25, -0.2) is 14.4 Å². The fraction of sp³-hybridized carbons (Fsp3) is 0.372. The van der Waals surface area contributed by atoms with Crippen molar-refractivity contribution >= 4 is 29.0 Å². The third-order valence-corrected chi connectivity index (χ3v) is 10.9. The number of halogens is 2. The Morgan fingerprint density at radius 2 is 1.57 bits per heavy atom. The van der Waals surface area contributed by atoms with Crippen LogP contribution in [0.2, 0.25) is 0 Å². The molecule has 1 fully saturated rings. The second-order valence-corrected chi connectivity index (χ2v) is 14.4. The van der Waals surface area contributed by atoms with Gasteiger partial charge in [0.05, 0.1) is 13.5 Å². The second-order valence-electron chi connectivity index (χ2n) is 14.4. The third-order valence-electron chi connectivity index (χ3n) is 10.9. The van der Waals surface area contributed by atoms with Crippen LogP contribution >= 0.6 is 0 Å². The number of benzene rings is 3. The van der Waals surface area contributed by atoms with Gasteiger partial charge in [0.1, 0.15) is 6.54 Å². The Morgan fingerprint density at radius 3 is 2.19 bits per heavy atom. The van der Waals surface area contributed by atoms with E-state index in [1.165, 1.54) is 92.5 Å². The number of amides is 2. The van der Waals surface area contributed by atoms with E-state index in [1.807, 2.05) is 36.7 Å². The monoisotopic (exact) mass is 736 g/mol. The maximum absolute atomic E-state index is 14.3. The number of hydrogen-bond donors (Lipinski definition) is 2. The molecule has 2 aliphatic carbocycles. The van der Waals surface area contributed by atoms with Crippen molar-refractivity contribution in [1.29, 1.82) is 0 Å². The number of methoxy groups -OCH3 is 1. The molecule has 0 spiro atoms. The lowest BCUT2D eigenvalue weighted by atomic mass is 9.71. The van der Waals surface area contributed by atoms with Gasteiger partial charge >= 0.3 is 5.97 Å². The molecule has 0 bridgehead atoms. The summed E-state index contributed by atoms with van der Waals surface area (Å²) in [5, 5.41) is 12.2. The number of carboxylic acid groups (broad SMARTS) is 1. The van der Waals surface area contributed by atoms with E-state index in [1.54, 1.807) is 0 Å². The number of nitrogens with zero attached hydrogens (tertiary/aromatic N) is 3. The molecular formula is C43H46F2N4O5. The Hall–Kier alpha value is -5.45. The number of nitrogens with one attached hydrogen (secondary N) is 1. The van der Waals surface area contributed by atoms with Crippen LogP contribution in [0, 0.1) is 29.4 Å². The normalized spacial score (nSPS) is 18.4. The first-order valence-corrected chi connectivity index (χ1v) is 18.6. The van der Waals surface area contributed by atoms with Crippen LogP contribution in [0.5, 0.6) is 5.75 Å². The van der Waals surface area contributed by atoms with Crippen molar-refractivity contribution in [3.05, 3.63) is 113 Å². The first-order valence-electron chi connectivity index (χ1n) is 18.6. The standard InChI is InChI=1S/C43H46F2N4O5/c1-3-27-4-8-29(9-5-27)30-12-14-31(15-13-30)35-23-46-42(47-24-35)32-10-6-28(7-11-32)25-49(26-39(51)52)43(53)33-16-19-36(20-17-33)48-38(50)22-34-18-21-37(54-2)41(45)40(34)44/h6-7,10-11,14,16-21,23-24,27,29-30H,3-5,8-9,12-13,15,22,25-26H2,1-2H3,(H,48,50)(H,51,52). The highest BCUT2D eigenvalue weighted by Crippen LogP contribution is 2.41. The van der Waals surface area contributed by atoms with E-state index in [-0.39, 0.29) is 23.4 Å². The van der Waals surface area contributed by atoms with Crippen LogP contribution in [0.25, 0.3) is 17.0 Å². The molecular weight excluding hydrogens is 690 g/mol. The molecule has 9 nitrogen and oxygen atoms in total. The molecule has 0 radical (unpaired) electrons. The minimum absolute atomic E-state index is 0.0445. The number of hydrogen-bond acceptors (Lipinski definition) is 6. The molecule has 54 heavy (non-hydrogen) atoms. The molecule has 1 aromatic heterocycles. The van der Waals surface area contributed by atoms with Crippen molar-refractivity contribution in [2.24, 2.45) is 17.8 Å². The van der Waals surface area contributed by atoms with Crippen molar-refractivity contribution in [2.45, 2.75) is 71.3 Å². The van der Waals surface area contributed by atoms with E-state index >= 15 is 0 Å². The molecule has 0 saturated heterocycles. The summed E-state index contributed by atoms with van der Waals surface area (Å²) in [7, 11) is 1.22. The van der Waals surface area contributed by atoms with Gasteiger partial charge in [-0.1, -0.05) is 62.6 Å². The van der Waals surface area contributed by atoms with E-state index in [9.17, 15) is 28.3 Å². The SMILES string of the molecule is CCC1CCC(C2CC=C(c3cnc(-c4ccc(CN(CC(=O)O)C(=O)c5ccc(NC(=O)Cc6ccc(OC)c(F)c6F)cc5)cc4)nc3)CC2)CC1. The van der Waals surface area contributed by atoms with E-state index in [0.717, 1.165) is 47.3 Å². The number of carbonyl (C=O) groups is 3. The van der Waals surface area contributed by atoms with E-state index < -0.39 is 42.4 Å². The summed E-state index contributed by atoms with van der Waals surface area (Å²) in [6.45, 7) is 1.83. The predicted molar refractivity (Wildman–Crippen MR) is 203 cm³/mol. The van der Waals surface area contributed by atoms with Crippen molar-refractivity contribution in [2.75, 3.05) is 19.0 Å². The molecule has 2 aliphatic rings. The highest BCUT2D eigenvalue weighted by molar-refractivity contribution is 5.97. The first-order chi connectivity index (χ1) is 26.1. The van der Waals surface area contributed by atoms with Crippen molar-refractivity contribution in [3.8, 4) is 17.1 Å². The zero-order valence-corrected chi connectivity index (χ0v) is 30.7. The third kappa shape index (κ3) is 9.37. The summed E-state index contributed by atoms with van der Waals surface area (Å²) in [4.78, 5) is 48.2. The van der Waals surface area contributed by atoms with Crippen LogP contribution in [0.15, 0.2) is 79.1 Å². The molecule has 4 aromatic rings. The Morgan fingerprint density at radius 1 is 0.870 bits per heavy atom. The van der Waals surface area contributed by atoms with Gasteiger partial charge in [-0.2, -0.15) is 4.39 Å². The molecule has 1 saturated carbocycles. The number of aromatic nitrogens is 2. The molecule has 0 aliphatic heterocycles. The highest BCUT2D eigenvalue weighted by atomic mass is 19.2. The number of aliphatic carboxylic acids is 1. The molecule has 282 valence electrons. The Kier molecular flexibility index (Phi) is 12.5. The van der Waals surface area contributed by atoms with E-state index in [0.29, 0.717) is 11.5 Å². The number of ether oxygens (including phenoxy) is 1. The number of rotatable bonds is 13. The molecule has 1 heterocycles. The smallest absolute Gasteiger partial charge is 0.323 e. The van der Waals surface area contributed by atoms with Crippen LogP contribution < -0.4 is 10.1 Å². The Balaban J connectivity index is 1.04. The molecule has 6 rings (SSSR count). The molecule has 1 atom stereocenters. The average molecular weight is 737 g/mol. The Bertz CT molecular complexity index is 1980. The molecule has 1 unspecified atom stereocenters. The van der Waals surface area contributed by atoms with Gasteiger partial charge in [-0.15, -0.1) is 0 Å². The quantitative estimate of drug-likeness (QED) is 0.141. The number of allylic oxidation sites excluding steroid dienone is 2. The average Bonchev–Trinajstić information content (AvgIpc) is 3.20. The summed E-state index contributed by atoms with van der Waals surface area (Å²) >= 11 is 0. The summed E-state index contributed by atoms with van der Waals surface area (Å²) in [5.74, 6) is -1.73. The fourth-order valence-corrected chi connectivity index (χ4v) is 7.72. The van der Waals surface area contributed by atoms with Crippen molar-refractivity contribution in [3.63, 3.8) is 0 Å². The van der Waals surface area contributed by atoms with Crippen LogP contribution in [0.4, 0.5) is 14.5 Å². The number of carboxylic acids is 1. The minimum Gasteiger partial charge on any atom is -0.494 e. The van der Waals surface area contributed by atoms with Crippen LogP contribution in [-0.4, -0.2) is 51.4 Å². The molecule has 3 aromatic carbocycles. The number of anilines is 1. The zero-order valence-electron chi connectivity index (χ0n) is 30.7. The lowest BCUT2D eigenvalue weighted by Crippen LogP contribution is -2.35. The van der Waals surface area contributed by atoms with E-state index in [4.69, 9.17) is 4.74 Å².